The molecule has 19 heavy (non-hydrogen) atoms. The fourth-order valence-electron chi connectivity index (χ4n) is 2.05. The van der Waals surface area contributed by atoms with E-state index in [1.54, 1.807) is 11.3 Å². The second-order valence-corrected chi connectivity index (χ2v) is 7.16. The van der Waals surface area contributed by atoms with Crippen molar-refractivity contribution >= 4 is 43.2 Å². The molecular formula is C15H17Br2NS. The fourth-order valence-corrected chi connectivity index (χ4v) is 4.06. The average Bonchev–Trinajstić information content (AvgIpc) is 2.86. The third-order valence-electron chi connectivity index (χ3n) is 2.95. The van der Waals surface area contributed by atoms with Crippen molar-refractivity contribution in [3.05, 3.63) is 55.1 Å². The third kappa shape index (κ3) is 4.71. The molecule has 1 nitrogen and oxygen atoms in total. The summed E-state index contributed by atoms with van der Waals surface area (Å²) in [5, 5.41) is 8.01. The summed E-state index contributed by atoms with van der Waals surface area (Å²) in [6, 6.07) is 9.04. The van der Waals surface area contributed by atoms with E-state index < -0.39 is 0 Å². The van der Waals surface area contributed by atoms with Crippen molar-refractivity contribution in [2.75, 3.05) is 6.54 Å². The van der Waals surface area contributed by atoms with E-state index in [1.807, 2.05) is 0 Å². The zero-order chi connectivity index (χ0) is 13.7. The van der Waals surface area contributed by atoms with Crippen LogP contribution in [-0.4, -0.2) is 6.54 Å². The minimum absolute atomic E-state index is 0.364. The molecule has 0 radical (unpaired) electrons. The summed E-state index contributed by atoms with van der Waals surface area (Å²) in [5.74, 6) is 0. The van der Waals surface area contributed by atoms with Gasteiger partial charge in [-0.05, 0) is 65.5 Å². The Morgan fingerprint density at radius 1 is 1.21 bits per heavy atom. The van der Waals surface area contributed by atoms with Crippen molar-refractivity contribution in [3.63, 3.8) is 0 Å². The van der Waals surface area contributed by atoms with Crippen LogP contribution in [0.2, 0.25) is 0 Å². The molecule has 0 bridgehead atoms. The number of benzene rings is 1. The molecule has 2 aromatic rings. The standard InChI is InChI=1S/C15H17Br2NS/c1-2-4-18-15(6-11-3-5-19-10-11)12-7-13(16)9-14(17)8-12/h3,5,7-10,15,18H,2,4,6H2,1H3. The van der Waals surface area contributed by atoms with E-state index in [4.69, 9.17) is 0 Å². The van der Waals surface area contributed by atoms with Gasteiger partial charge in [-0.3, -0.25) is 0 Å². The quantitative estimate of drug-likeness (QED) is 0.667. The van der Waals surface area contributed by atoms with Crippen molar-refractivity contribution < 1.29 is 0 Å². The Morgan fingerprint density at radius 2 is 1.95 bits per heavy atom. The summed E-state index contributed by atoms with van der Waals surface area (Å²) < 4.78 is 2.23. The molecule has 0 fully saturated rings. The molecule has 0 saturated carbocycles. The Labute approximate surface area is 135 Å². The summed E-state index contributed by atoms with van der Waals surface area (Å²) in [4.78, 5) is 0. The monoisotopic (exact) mass is 401 g/mol. The van der Waals surface area contributed by atoms with Gasteiger partial charge in [-0.15, -0.1) is 0 Å². The minimum Gasteiger partial charge on any atom is -0.310 e. The number of nitrogens with one attached hydrogen (secondary N) is 1. The molecule has 1 unspecified atom stereocenters. The first-order valence-electron chi connectivity index (χ1n) is 6.39. The van der Waals surface area contributed by atoms with E-state index in [2.05, 4.69) is 79.1 Å². The van der Waals surface area contributed by atoms with Crippen LogP contribution in [0.4, 0.5) is 0 Å². The lowest BCUT2D eigenvalue weighted by atomic mass is 10.0. The molecule has 0 aliphatic heterocycles. The van der Waals surface area contributed by atoms with Gasteiger partial charge in [-0.25, -0.2) is 0 Å². The molecule has 0 amide bonds. The first kappa shape index (κ1) is 15.2. The van der Waals surface area contributed by atoms with E-state index in [9.17, 15) is 0 Å². The number of rotatable bonds is 6. The normalized spacial score (nSPS) is 12.6. The Bertz CT molecular complexity index is 491. The highest BCUT2D eigenvalue weighted by atomic mass is 79.9. The van der Waals surface area contributed by atoms with Crippen LogP contribution in [0.15, 0.2) is 44.0 Å². The second kappa shape index (κ2) is 7.58. The Morgan fingerprint density at radius 3 is 2.53 bits per heavy atom. The van der Waals surface area contributed by atoms with Gasteiger partial charge in [0.15, 0.2) is 0 Å². The topological polar surface area (TPSA) is 12.0 Å². The Hall–Kier alpha value is -0.160. The van der Waals surface area contributed by atoms with Crippen molar-refractivity contribution in [2.24, 2.45) is 0 Å². The Kier molecular flexibility index (Phi) is 6.07. The third-order valence-corrected chi connectivity index (χ3v) is 4.60. The Balaban J connectivity index is 2.20. The smallest absolute Gasteiger partial charge is 0.0361 e. The first-order valence-corrected chi connectivity index (χ1v) is 8.92. The highest BCUT2D eigenvalue weighted by Crippen LogP contribution is 2.27. The molecule has 0 aliphatic carbocycles. The highest BCUT2D eigenvalue weighted by Gasteiger charge is 2.13. The molecule has 1 atom stereocenters. The van der Waals surface area contributed by atoms with Crippen molar-refractivity contribution in [1.82, 2.24) is 5.32 Å². The van der Waals surface area contributed by atoms with Gasteiger partial charge in [-0.1, -0.05) is 38.8 Å². The molecule has 0 spiro atoms. The van der Waals surface area contributed by atoms with Gasteiger partial charge in [0, 0.05) is 15.0 Å². The van der Waals surface area contributed by atoms with E-state index in [0.717, 1.165) is 28.3 Å². The van der Waals surface area contributed by atoms with Gasteiger partial charge in [0.25, 0.3) is 0 Å². The number of thiophene rings is 1. The number of halogens is 2. The molecule has 1 aromatic heterocycles. The van der Waals surface area contributed by atoms with Gasteiger partial charge < -0.3 is 5.32 Å². The van der Waals surface area contributed by atoms with Gasteiger partial charge in [0.1, 0.15) is 0 Å². The molecule has 0 aliphatic rings. The maximum Gasteiger partial charge on any atom is 0.0361 e. The summed E-state index contributed by atoms with van der Waals surface area (Å²) in [5.41, 5.74) is 2.72. The van der Waals surface area contributed by atoms with Gasteiger partial charge in [-0.2, -0.15) is 11.3 Å². The van der Waals surface area contributed by atoms with Crippen LogP contribution in [0.25, 0.3) is 0 Å². The van der Waals surface area contributed by atoms with Crippen LogP contribution in [0.5, 0.6) is 0 Å². The maximum atomic E-state index is 3.64. The van der Waals surface area contributed by atoms with Crippen molar-refractivity contribution in [1.29, 1.82) is 0 Å². The summed E-state index contributed by atoms with van der Waals surface area (Å²) in [6.45, 7) is 3.24. The van der Waals surface area contributed by atoms with Crippen LogP contribution in [0.3, 0.4) is 0 Å². The lowest BCUT2D eigenvalue weighted by Crippen LogP contribution is -2.24. The van der Waals surface area contributed by atoms with Crippen molar-refractivity contribution in [2.45, 2.75) is 25.8 Å². The second-order valence-electron chi connectivity index (χ2n) is 4.55. The molecule has 1 heterocycles. The molecule has 1 aromatic carbocycles. The maximum absolute atomic E-state index is 3.64. The summed E-state index contributed by atoms with van der Waals surface area (Å²) in [6.07, 6.45) is 2.18. The molecule has 102 valence electrons. The van der Waals surface area contributed by atoms with Crippen LogP contribution >= 0.6 is 43.2 Å². The summed E-state index contributed by atoms with van der Waals surface area (Å²) >= 11 is 8.90. The van der Waals surface area contributed by atoms with Crippen molar-refractivity contribution in [3.8, 4) is 0 Å². The van der Waals surface area contributed by atoms with E-state index in [0.29, 0.717) is 6.04 Å². The van der Waals surface area contributed by atoms with Gasteiger partial charge >= 0.3 is 0 Å². The fraction of sp³-hybridized carbons (Fsp3) is 0.333. The van der Waals surface area contributed by atoms with E-state index >= 15 is 0 Å². The number of hydrogen-bond acceptors (Lipinski definition) is 2. The molecular weight excluding hydrogens is 386 g/mol. The lowest BCUT2D eigenvalue weighted by Gasteiger charge is -2.19. The molecule has 0 saturated heterocycles. The van der Waals surface area contributed by atoms with Crippen LogP contribution in [-0.2, 0) is 6.42 Å². The van der Waals surface area contributed by atoms with Crippen LogP contribution in [0.1, 0.15) is 30.5 Å². The van der Waals surface area contributed by atoms with Crippen LogP contribution < -0.4 is 5.32 Å². The van der Waals surface area contributed by atoms with Crippen LogP contribution in [0, 0.1) is 0 Å². The highest BCUT2D eigenvalue weighted by molar-refractivity contribution is 9.11. The zero-order valence-electron chi connectivity index (χ0n) is 10.8. The SMILES string of the molecule is CCCNC(Cc1ccsc1)c1cc(Br)cc(Br)c1. The van der Waals surface area contributed by atoms with Gasteiger partial charge in [0.05, 0.1) is 0 Å². The minimum atomic E-state index is 0.364. The lowest BCUT2D eigenvalue weighted by molar-refractivity contribution is 0.529. The zero-order valence-corrected chi connectivity index (χ0v) is 14.8. The molecule has 1 N–H and O–H groups in total. The molecule has 2 rings (SSSR count). The average molecular weight is 403 g/mol. The van der Waals surface area contributed by atoms with Gasteiger partial charge in [0.2, 0.25) is 0 Å². The molecule has 4 heteroatoms. The summed E-state index contributed by atoms with van der Waals surface area (Å²) in [7, 11) is 0. The predicted octanol–water partition coefficient (Wildman–Crippen LogP) is 5.56. The first-order chi connectivity index (χ1) is 9.19. The predicted molar refractivity (Wildman–Crippen MR) is 90.9 cm³/mol. The van der Waals surface area contributed by atoms with E-state index in [1.165, 1.54) is 11.1 Å². The number of hydrogen-bond donors (Lipinski definition) is 1. The largest absolute Gasteiger partial charge is 0.310 e. The van der Waals surface area contributed by atoms with E-state index in [-0.39, 0.29) is 0 Å².